The summed E-state index contributed by atoms with van der Waals surface area (Å²) in [4.78, 5) is 87.8. The zero-order valence-electron chi connectivity index (χ0n) is 24.6. The number of ketones is 1. The Morgan fingerprint density at radius 1 is 0.977 bits per heavy atom. The number of carboxylic acids is 2. The van der Waals surface area contributed by atoms with Crippen LogP contribution < -0.4 is 16.4 Å². The number of carbonyl (C=O) groups excluding carboxylic acids is 5. The lowest BCUT2D eigenvalue weighted by molar-refractivity contribution is -0.146. The molecule has 0 bridgehead atoms. The van der Waals surface area contributed by atoms with Crippen LogP contribution in [-0.4, -0.2) is 98.7 Å². The quantitative estimate of drug-likeness (QED) is 0.127. The Balaban J connectivity index is 3.43. The van der Waals surface area contributed by atoms with Gasteiger partial charge in [-0.1, -0.05) is 50.6 Å². The largest absolute Gasteiger partial charge is 0.481 e. The monoisotopic (exact) mass is 626 g/mol. The fraction of sp³-hybridized carbons (Fsp3) is 0.536. The summed E-state index contributed by atoms with van der Waals surface area (Å²) in [5.74, 6) is -8.27. The first-order chi connectivity index (χ1) is 20.6. The molecule has 0 aliphatic heterocycles. The van der Waals surface area contributed by atoms with Crippen LogP contribution in [-0.2, 0) is 40.1 Å². The van der Waals surface area contributed by atoms with Gasteiger partial charge in [-0.25, -0.2) is 9.18 Å². The van der Waals surface area contributed by atoms with E-state index in [0.717, 1.165) is 6.92 Å². The molecular formula is C28H39FN4O11. The summed E-state index contributed by atoms with van der Waals surface area (Å²) >= 11 is 0. The number of carboxylic acid groups (broad SMARTS) is 2. The molecule has 0 aliphatic carbocycles. The Kier molecular flexibility index (Phi) is 15.6. The van der Waals surface area contributed by atoms with Gasteiger partial charge < -0.3 is 31.1 Å². The molecule has 1 aromatic rings. The van der Waals surface area contributed by atoms with Gasteiger partial charge in [-0.05, 0) is 24.8 Å². The molecule has 0 heterocycles. The Morgan fingerprint density at radius 2 is 1.59 bits per heavy atom. The minimum Gasteiger partial charge on any atom is -0.481 e. The third-order valence-electron chi connectivity index (χ3n) is 6.73. The molecule has 0 radical (unpaired) electrons. The van der Waals surface area contributed by atoms with E-state index in [-0.39, 0.29) is 10.8 Å². The average molecular weight is 627 g/mol. The minimum atomic E-state index is -2.18. The lowest BCUT2D eigenvalue weighted by atomic mass is 9.98. The van der Waals surface area contributed by atoms with Gasteiger partial charge in [0.2, 0.25) is 11.8 Å². The first-order valence-electron chi connectivity index (χ1n) is 13.7. The van der Waals surface area contributed by atoms with Crippen LogP contribution >= 0.6 is 0 Å². The zero-order valence-corrected chi connectivity index (χ0v) is 24.6. The number of rotatable bonds is 18. The standard InChI is InChI=1S/C28H39FN4O11/c1-4-15(2)23(30)26(41)31-18(10-11-21(36)37)25(40)32-27(42)24(16(3)34)33(19(12-22(38)39)20(35)13-29)28(43)44-14-17-8-6-5-7-9-17/h5-9,15-16,18-19,23-24,34H,4,10-14,30H2,1-3H3,(H,31,41)(H,36,37)(H,38,39)(H,32,40,42)/t15-,16+,18-,19-,23-,24-/m0/s1. The minimum absolute atomic E-state index is 0.246. The second-order valence-electron chi connectivity index (χ2n) is 10.1. The van der Waals surface area contributed by atoms with Crippen molar-refractivity contribution in [3.63, 3.8) is 0 Å². The smallest absolute Gasteiger partial charge is 0.411 e. The number of hydrogen-bond acceptors (Lipinski definition) is 10. The summed E-state index contributed by atoms with van der Waals surface area (Å²) < 4.78 is 18.7. The molecule has 1 rings (SSSR count). The number of halogens is 1. The number of aliphatic hydroxyl groups is 1. The number of nitrogens with zero attached hydrogens (tertiary/aromatic N) is 1. The Hall–Kier alpha value is -4.44. The topological polar surface area (TPSA) is 243 Å². The van der Waals surface area contributed by atoms with E-state index in [1.807, 2.05) is 5.32 Å². The van der Waals surface area contributed by atoms with Gasteiger partial charge in [-0.2, -0.15) is 0 Å². The van der Waals surface area contributed by atoms with E-state index in [9.17, 15) is 48.2 Å². The number of amides is 4. The van der Waals surface area contributed by atoms with Gasteiger partial charge in [-0.15, -0.1) is 0 Å². The van der Waals surface area contributed by atoms with E-state index in [4.69, 9.17) is 15.6 Å². The van der Waals surface area contributed by atoms with Crippen molar-refractivity contribution in [2.45, 2.75) is 83.3 Å². The number of ether oxygens (including phenoxy) is 1. The molecule has 4 amide bonds. The second kappa shape index (κ2) is 18.3. The molecule has 1 aromatic carbocycles. The Labute approximate surface area is 252 Å². The number of carbonyl (C=O) groups is 7. The second-order valence-corrected chi connectivity index (χ2v) is 10.1. The van der Waals surface area contributed by atoms with E-state index in [1.165, 1.54) is 0 Å². The zero-order chi connectivity index (χ0) is 33.6. The fourth-order valence-electron chi connectivity index (χ4n) is 4.03. The van der Waals surface area contributed by atoms with Gasteiger partial charge in [0.15, 0.2) is 5.78 Å². The number of aliphatic hydroxyl groups excluding tert-OH is 1. The number of Topliss-reactive ketones (excluding diaryl/α,β-unsaturated/α-hetero) is 1. The van der Waals surface area contributed by atoms with Crippen LogP contribution in [0.3, 0.4) is 0 Å². The number of imide groups is 1. The normalized spacial score (nSPS) is 15.0. The predicted octanol–water partition coefficient (Wildman–Crippen LogP) is 0.122. The highest BCUT2D eigenvalue weighted by Crippen LogP contribution is 2.19. The number of alkyl halides is 1. The third kappa shape index (κ3) is 11.7. The first-order valence-corrected chi connectivity index (χ1v) is 13.7. The van der Waals surface area contributed by atoms with Crippen molar-refractivity contribution in [3.05, 3.63) is 35.9 Å². The van der Waals surface area contributed by atoms with Gasteiger partial charge in [0, 0.05) is 6.42 Å². The van der Waals surface area contributed by atoms with Crippen molar-refractivity contribution in [2.75, 3.05) is 6.67 Å². The molecule has 0 saturated heterocycles. The van der Waals surface area contributed by atoms with Gasteiger partial charge in [0.05, 0.1) is 18.6 Å². The summed E-state index contributed by atoms with van der Waals surface area (Å²) in [5.41, 5.74) is 6.35. The lowest BCUT2D eigenvalue weighted by Gasteiger charge is -2.36. The Morgan fingerprint density at radius 3 is 2.09 bits per heavy atom. The molecule has 0 fully saturated rings. The summed E-state index contributed by atoms with van der Waals surface area (Å²) in [6, 6.07) is 1.02. The van der Waals surface area contributed by atoms with E-state index in [1.54, 1.807) is 44.2 Å². The van der Waals surface area contributed by atoms with Gasteiger partial charge >= 0.3 is 18.0 Å². The number of benzene rings is 1. The molecule has 7 N–H and O–H groups in total. The first kappa shape index (κ1) is 37.6. The van der Waals surface area contributed by atoms with E-state index < -0.39 is 104 Å². The van der Waals surface area contributed by atoms with E-state index in [2.05, 4.69) is 5.32 Å². The van der Waals surface area contributed by atoms with Crippen molar-refractivity contribution in [3.8, 4) is 0 Å². The molecule has 44 heavy (non-hydrogen) atoms. The van der Waals surface area contributed by atoms with Crippen LogP contribution in [0.15, 0.2) is 30.3 Å². The number of nitrogens with two attached hydrogens (primary N) is 1. The molecule has 15 nitrogen and oxygen atoms in total. The molecule has 244 valence electrons. The lowest BCUT2D eigenvalue weighted by Crippen LogP contribution is -2.62. The van der Waals surface area contributed by atoms with Crippen molar-refractivity contribution < 1.29 is 58.0 Å². The van der Waals surface area contributed by atoms with E-state index in [0.29, 0.717) is 12.0 Å². The Bertz CT molecular complexity index is 1180. The maximum absolute atomic E-state index is 13.5. The third-order valence-corrected chi connectivity index (χ3v) is 6.73. The molecule has 16 heteroatoms. The van der Waals surface area contributed by atoms with Crippen molar-refractivity contribution in [1.29, 1.82) is 0 Å². The maximum Gasteiger partial charge on any atom is 0.411 e. The van der Waals surface area contributed by atoms with Gasteiger partial charge in [0.25, 0.3) is 5.91 Å². The molecule has 0 aromatic heterocycles. The SMILES string of the molecule is CC[C@H](C)[C@H](N)C(=O)N[C@@H](CCC(=O)O)C(=O)NC(=O)[C@H]([C@@H](C)O)N(C(=O)OCc1ccccc1)[C@@H](CC(=O)O)C(=O)CF. The summed E-state index contributed by atoms with van der Waals surface area (Å²) in [7, 11) is 0. The highest BCUT2D eigenvalue weighted by Gasteiger charge is 2.44. The summed E-state index contributed by atoms with van der Waals surface area (Å²) in [6.07, 6.45) is -5.15. The van der Waals surface area contributed by atoms with Gasteiger partial charge in [0.1, 0.15) is 31.4 Å². The highest BCUT2D eigenvalue weighted by molar-refractivity contribution is 6.03. The van der Waals surface area contributed by atoms with Gasteiger partial charge in [-0.3, -0.25) is 39.0 Å². The van der Waals surface area contributed by atoms with Crippen LogP contribution in [0.1, 0.15) is 52.0 Å². The average Bonchev–Trinajstić information content (AvgIpc) is 2.98. The molecule has 0 saturated carbocycles. The molecule has 0 unspecified atom stereocenters. The van der Waals surface area contributed by atoms with Crippen molar-refractivity contribution in [1.82, 2.24) is 15.5 Å². The fourth-order valence-corrected chi connectivity index (χ4v) is 4.03. The molecule has 6 atom stereocenters. The van der Waals surface area contributed by atoms with Crippen LogP contribution in [0.5, 0.6) is 0 Å². The predicted molar refractivity (Wildman–Crippen MR) is 150 cm³/mol. The van der Waals surface area contributed by atoms with Crippen LogP contribution in [0, 0.1) is 5.92 Å². The number of nitrogens with one attached hydrogen (secondary N) is 2. The number of aliphatic carboxylic acids is 2. The number of hydrogen-bond donors (Lipinski definition) is 6. The summed E-state index contributed by atoms with van der Waals surface area (Å²) in [5, 5.41) is 33.1. The molecule has 0 spiro atoms. The molecular weight excluding hydrogens is 587 g/mol. The van der Waals surface area contributed by atoms with Crippen LogP contribution in [0.25, 0.3) is 0 Å². The highest BCUT2D eigenvalue weighted by atomic mass is 19.1. The van der Waals surface area contributed by atoms with Crippen LogP contribution in [0.2, 0.25) is 0 Å². The maximum atomic E-state index is 13.5. The van der Waals surface area contributed by atoms with Crippen molar-refractivity contribution >= 4 is 41.5 Å². The molecule has 0 aliphatic rings. The van der Waals surface area contributed by atoms with Crippen LogP contribution in [0.4, 0.5) is 9.18 Å². The van der Waals surface area contributed by atoms with Crippen molar-refractivity contribution in [2.24, 2.45) is 11.7 Å². The van der Waals surface area contributed by atoms with E-state index >= 15 is 0 Å². The summed E-state index contributed by atoms with van der Waals surface area (Å²) in [6.45, 7) is 2.26.